The molecule has 1 amide bonds. The Labute approximate surface area is 150 Å². The lowest BCUT2D eigenvalue weighted by Crippen LogP contribution is -2.44. The minimum Gasteiger partial charge on any atom is -0.480 e. The average molecular weight is 352 g/mol. The lowest BCUT2D eigenvalue weighted by molar-refractivity contribution is -0.144. The maximum absolute atomic E-state index is 12.6. The monoisotopic (exact) mass is 352 g/mol. The number of methoxy groups -OCH3 is 1. The van der Waals surface area contributed by atoms with Gasteiger partial charge in [0.15, 0.2) is 6.10 Å². The molecule has 2 aromatic carbocycles. The number of hydrogen-bond acceptors (Lipinski definition) is 3. The first-order chi connectivity index (χ1) is 12.6. The van der Waals surface area contributed by atoms with Crippen LogP contribution < -0.4 is 5.32 Å². The van der Waals surface area contributed by atoms with Gasteiger partial charge in [0, 0.05) is 30.6 Å². The van der Waals surface area contributed by atoms with Crippen LogP contribution in [0.15, 0.2) is 60.8 Å². The van der Waals surface area contributed by atoms with Crippen LogP contribution >= 0.6 is 0 Å². The Bertz CT molecular complexity index is 904. The van der Waals surface area contributed by atoms with Gasteiger partial charge in [0.05, 0.1) is 0 Å². The number of carbonyl (C=O) groups is 2. The largest absolute Gasteiger partial charge is 0.480 e. The number of fused-ring (bicyclic) bond motifs is 1. The zero-order valence-corrected chi connectivity index (χ0v) is 14.3. The lowest BCUT2D eigenvalue weighted by Gasteiger charge is -2.19. The summed E-state index contributed by atoms with van der Waals surface area (Å²) < 4.78 is 5.27. The minimum absolute atomic E-state index is 0.177. The van der Waals surface area contributed by atoms with Crippen molar-refractivity contribution in [3.8, 4) is 0 Å². The molecule has 1 aromatic heterocycles. The summed E-state index contributed by atoms with van der Waals surface area (Å²) in [5.74, 6) is -1.57. The molecule has 0 spiro atoms. The molecule has 3 aromatic rings. The summed E-state index contributed by atoms with van der Waals surface area (Å²) in [6.45, 7) is 0. The topological polar surface area (TPSA) is 91.4 Å². The van der Waals surface area contributed by atoms with Crippen LogP contribution in [0.3, 0.4) is 0 Å². The highest BCUT2D eigenvalue weighted by Crippen LogP contribution is 2.20. The summed E-state index contributed by atoms with van der Waals surface area (Å²) in [6, 6.07) is 15.6. The van der Waals surface area contributed by atoms with Crippen LogP contribution in [0, 0.1) is 0 Å². The zero-order valence-electron chi connectivity index (χ0n) is 14.3. The molecule has 0 bridgehead atoms. The van der Waals surface area contributed by atoms with Crippen LogP contribution in [-0.2, 0) is 20.7 Å². The van der Waals surface area contributed by atoms with Crippen LogP contribution in [0.25, 0.3) is 10.9 Å². The maximum atomic E-state index is 12.6. The van der Waals surface area contributed by atoms with E-state index >= 15 is 0 Å². The predicted octanol–water partition coefficient (Wildman–Crippen LogP) is 2.67. The van der Waals surface area contributed by atoms with Crippen LogP contribution in [0.1, 0.15) is 17.2 Å². The number of ether oxygens (including phenoxy) is 1. The first-order valence-corrected chi connectivity index (χ1v) is 8.26. The highest BCUT2D eigenvalue weighted by molar-refractivity contribution is 5.88. The number of H-pyrrole nitrogens is 1. The number of hydrogen-bond donors (Lipinski definition) is 3. The van der Waals surface area contributed by atoms with Gasteiger partial charge in [0.25, 0.3) is 5.91 Å². The van der Waals surface area contributed by atoms with Gasteiger partial charge in [0.1, 0.15) is 6.04 Å². The Hall–Kier alpha value is -3.12. The number of rotatable bonds is 7. The predicted molar refractivity (Wildman–Crippen MR) is 97.8 cm³/mol. The number of benzene rings is 2. The van der Waals surface area contributed by atoms with Crippen molar-refractivity contribution in [3.05, 3.63) is 71.9 Å². The molecular formula is C20H20N2O4. The summed E-state index contributed by atoms with van der Waals surface area (Å²) in [6.07, 6.45) is 1.09. The number of carboxylic acid groups (broad SMARTS) is 1. The molecule has 2 atom stereocenters. The number of nitrogens with one attached hydrogen (secondary N) is 2. The molecule has 3 rings (SSSR count). The Morgan fingerprint density at radius 1 is 1.12 bits per heavy atom. The van der Waals surface area contributed by atoms with E-state index in [1.807, 2.05) is 30.3 Å². The van der Waals surface area contributed by atoms with Gasteiger partial charge >= 0.3 is 5.97 Å². The molecule has 6 heteroatoms. The number of carbonyl (C=O) groups excluding carboxylic acids is 1. The third-order valence-electron chi connectivity index (χ3n) is 4.29. The van der Waals surface area contributed by atoms with Crippen LogP contribution in [0.5, 0.6) is 0 Å². The fourth-order valence-electron chi connectivity index (χ4n) is 2.99. The fourth-order valence-corrected chi connectivity index (χ4v) is 2.99. The van der Waals surface area contributed by atoms with Gasteiger partial charge in [-0.2, -0.15) is 0 Å². The van der Waals surface area contributed by atoms with Gasteiger partial charge in [-0.1, -0.05) is 48.5 Å². The second-order valence-electron chi connectivity index (χ2n) is 5.99. The number of aliphatic carboxylic acids is 1. The van der Waals surface area contributed by atoms with Crippen molar-refractivity contribution < 1.29 is 19.4 Å². The molecule has 0 aliphatic carbocycles. The van der Waals surface area contributed by atoms with E-state index in [0.717, 1.165) is 16.5 Å². The summed E-state index contributed by atoms with van der Waals surface area (Å²) in [7, 11) is 1.42. The van der Waals surface area contributed by atoms with Crippen molar-refractivity contribution in [2.75, 3.05) is 7.11 Å². The smallest absolute Gasteiger partial charge is 0.326 e. The van der Waals surface area contributed by atoms with Gasteiger partial charge < -0.3 is 20.1 Å². The van der Waals surface area contributed by atoms with Gasteiger partial charge in [-0.25, -0.2) is 4.79 Å². The molecule has 0 fully saturated rings. The molecule has 6 nitrogen and oxygen atoms in total. The SMILES string of the molecule is CO[C@@H](C(=O)N[C@H](Cc1c[nH]c2ccccc12)C(=O)O)c1ccccc1. The summed E-state index contributed by atoms with van der Waals surface area (Å²) in [5.41, 5.74) is 2.43. The normalized spacial score (nSPS) is 13.3. The van der Waals surface area contributed by atoms with E-state index in [-0.39, 0.29) is 6.42 Å². The summed E-state index contributed by atoms with van der Waals surface area (Å²) in [5, 5.41) is 13.1. The second kappa shape index (κ2) is 7.84. The van der Waals surface area contributed by atoms with Crippen molar-refractivity contribution in [1.29, 1.82) is 0 Å². The van der Waals surface area contributed by atoms with Crippen LogP contribution in [-0.4, -0.2) is 35.1 Å². The Morgan fingerprint density at radius 2 is 1.81 bits per heavy atom. The average Bonchev–Trinajstić information content (AvgIpc) is 3.06. The van der Waals surface area contributed by atoms with E-state index in [0.29, 0.717) is 5.56 Å². The van der Waals surface area contributed by atoms with Crippen LogP contribution in [0.2, 0.25) is 0 Å². The summed E-state index contributed by atoms with van der Waals surface area (Å²) >= 11 is 0. The first-order valence-electron chi connectivity index (χ1n) is 8.26. The molecule has 3 N–H and O–H groups in total. The van der Waals surface area contributed by atoms with E-state index in [1.165, 1.54) is 7.11 Å². The van der Waals surface area contributed by atoms with E-state index in [1.54, 1.807) is 30.5 Å². The molecule has 1 heterocycles. The summed E-state index contributed by atoms with van der Waals surface area (Å²) in [4.78, 5) is 27.4. The van der Waals surface area contributed by atoms with Gasteiger partial charge in [-0.05, 0) is 17.2 Å². The Balaban J connectivity index is 1.78. The number of carboxylic acids is 1. The molecule has 0 saturated heterocycles. The standard InChI is InChI=1S/C20H20N2O4/c1-26-18(13-7-3-2-4-8-13)19(23)22-17(20(24)25)11-14-12-21-16-10-6-5-9-15(14)16/h2-10,12,17-18,21H,11H2,1H3,(H,22,23)(H,24,25)/t17-,18-/m1/s1. The second-order valence-corrected chi connectivity index (χ2v) is 5.99. The van der Waals surface area contributed by atoms with Gasteiger partial charge in [-0.3, -0.25) is 4.79 Å². The lowest BCUT2D eigenvalue weighted by atomic mass is 10.0. The quantitative estimate of drug-likeness (QED) is 0.610. The molecule has 134 valence electrons. The van der Waals surface area contributed by atoms with Gasteiger partial charge in [0.2, 0.25) is 0 Å². The molecule has 0 saturated carbocycles. The fraction of sp³-hybridized carbons (Fsp3) is 0.200. The van der Waals surface area contributed by atoms with Crippen molar-refractivity contribution in [1.82, 2.24) is 10.3 Å². The molecule has 26 heavy (non-hydrogen) atoms. The highest BCUT2D eigenvalue weighted by atomic mass is 16.5. The van der Waals surface area contributed by atoms with Crippen molar-refractivity contribution in [2.45, 2.75) is 18.6 Å². The third-order valence-corrected chi connectivity index (χ3v) is 4.29. The van der Waals surface area contributed by atoms with Gasteiger partial charge in [-0.15, -0.1) is 0 Å². The molecular weight excluding hydrogens is 332 g/mol. The van der Waals surface area contributed by atoms with Crippen LogP contribution in [0.4, 0.5) is 0 Å². The zero-order chi connectivity index (χ0) is 18.5. The third kappa shape index (κ3) is 3.75. The van der Waals surface area contributed by atoms with Crippen molar-refractivity contribution in [3.63, 3.8) is 0 Å². The van der Waals surface area contributed by atoms with E-state index < -0.39 is 24.0 Å². The van der Waals surface area contributed by atoms with E-state index in [2.05, 4.69) is 10.3 Å². The Kier molecular flexibility index (Phi) is 5.34. The first kappa shape index (κ1) is 17.7. The molecule has 0 aliphatic rings. The molecule has 0 radical (unpaired) electrons. The van der Waals surface area contributed by atoms with E-state index in [9.17, 15) is 14.7 Å². The number of para-hydroxylation sites is 1. The van der Waals surface area contributed by atoms with Crippen molar-refractivity contribution in [2.24, 2.45) is 0 Å². The number of aromatic nitrogens is 1. The molecule has 0 unspecified atom stereocenters. The number of aromatic amines is 1. The number of amides is 1. The molecule has 0 aliphatic heterocycles. The highest BCUT2D eigenvalue weighted by Gasteiger charge is 2.27. The van der Waals surface area contributed by atoms with Crippen molar-refractivity contribution >= 4 is 22.8 Å². The van der Waals surface area contributed by atoms with E-state index in [4.69, 9.17) is 4.74 Å². The Morgan fingerprint density at radius 3 is 2.50 bits per heavy atom. The maximum Gasteiger partial charge on any atom is 0.326 e. The minimum atomic E-state index is -1.09.